The molecule has 0 spiro atoms. The van der Waals surface area contributed by atoms with Crippen molar-refractivity contribution in [1.29, 1.82) is 0 Å². The Kier molecular flexibility index (Phi) is 8.67. The maximum Gasteiger partial charge on any atom is 0.0157 e. The summed E-state index contributed by atoms with van der Waals surface area (Å²) in [5.41, 5.74) is 0. The topological polar surface area (TPSA) is 12.0 Å². The Balaban J connectivity index is 3.58. The number of nitrogens with one attached hydrogen (secondary N) is 1. The van der Waals surface area contributed by atoms with Crippen LogP contribution in [0.1, 0.15) is 33.1 Å². The van der Waals surface area contributed by atoms with Crippen LogP contribution >= 0.6 is 11.8 Å². The van der Waals surface area contributed by atoms with E-state index in [1.165, 1.54) is 18.6 Å². The van der Waals surface area contributed by atoms with Crippen LogP contribution in [0.25, 0.3) is 0 Å². The summed E-state index contributed by atoms with van der Waals surface area (Å²) in [6.45, 7) is 8.24. The number of rotatable bonds is 8. The van der Waals surface area contributed by atoms with Crippen molar-refractivity contribution in [2.45, 2.75) is 45.2 Å². The summed E-state index contributed by atoms with van der Waals surface area (Å²) >= 11 is 1.92. The van der Waals surface area contributed by atoms with E-state index >= 15 is 0 Å². The molecule has 2 unspecified atom stereocenters. The van der Waals surface area contributed by atoms with E-state index in [2.05, 4.69) is 32.0 Å². The average molecular weight is 201 g/mol. The van der Waals surface area contributed by atoms with Gasteiger partial charge in [-0.2, -0.15) is 11.8 Å². The summed E-state index contributed by atoms with van der Waals surface area (Å²) in [5, 5.41) is 3.63. The summed E-state index contributed by atoms with van der Waals surface area (Å²) < 4.78 is 0. The van der Waals surface area contributed by atoms with Crippen molar-refractivity contribution in [2.75, 3.05) is 12.0 Å². The van der Waals surface area contributed by atoms with Gasteiger partial charge in [0.2, 0.25) is 0 Å². The molecule has 0 aromatic rings. The van der Waals surface area contributed by atoms with Crippen LogP contribution in [-0.4, -0.2) is 24.1 Å². The molecule has 0 saturated carbocycles. The molecule has 0 bridgehead atoms. The third kappa shape index (κ3) is 7.15. The lowest BCUT2D eigenvalue weighted by Gasteiger charge is -2.21. The first-order chi connectivity index (χ1) is 6.24. The molecular formula is C11H23NS. The van der Waals surface area contributed by atoms with Gasteiger partial charge in [-0.15, -0.1) is 6.58 Å². The van der Waals surface area contributed by atoms with Gasteiger partial charge in [0, 0.05) is 17.8 Å². The molecule has 0 radical (unpaired) electrons. The molecule has 1 nitrogen and oxygen atoms in total. The molecule has 0 fully saturated rings. The fourth-order valence-electron chi connectivity index (χ4n) is 1.34. The van der Waals surface area contributed by atoms with Crippen LogP contribution in [0.3, 0.4) is 0 Å². The minimum atomic E-state index is 0.620. The van der Waals surface area contributed by atoms with E-state index in [0.29, 0.717) is 12.1 Å². The molecule has 0 aliphatic carbocycles. The Bertz CT molecular complexity index is 125. The molecule has 0 amide bonds. The van der Waals surface area contributed by atoms with Crippen LogP contribution in [0, 0.1) is 0 Å². The number of allylic oxidation sites excluding steroid dienone is 1. The first-order valence-corrected chi connectivity index (χ1v) is 6.49. The Morgan fingerprint density at radius 3 is 2.69 bits per heavy atom. The van der Waals surface area contributed by atoms with Gasteiger partial charge in [-0.25, -0.2) is 0 Å². The zero-order chi connectivity index (χ0) is 10.1. The second-order valence-electron chi connectivity index (χ2n) is 3.49. The first kappa shape index (κ1) is 13.1. The summed E-state index contributed by atoms with van der Waals surface area (Å²) in [6.07, 6.45) is 7.70. The monoisotopic (exact) mass is 201 g/mol. The van der Waals surface area contributed by atoms with Crippen molar-refractivity contribution < 1.29 is 0 Å². The van der Waals surface area contributed by atoms with E-state index in [0.717, 1.165) is 6.42 Å². The van der Waals surface area contributed by atoms with E-state index in [1.807, 2.05) is 17.8 Å². The molecule has 0 aliphatic rings. The van der Waals surface area contributed by atoms with Crippen molar-refractivity contribution in [3.8, 4) is 0 Å². The minimum Gasteiger partial charge on any atom is -0.311 e. The van der Waals surface area contributed by atoms with Crippen molar-refractivity contribution >= 4 is 11.8 Å². The average Bonchev–Trinajstić information content (AvgIpc) is 2.14. The maximum absolute atomic E-state index is 3.74. The van der Waals surface area contributed by atoms with Crippen LogP contribution in [-0.2, 0) is 0 Å². The van der Waals surface area contributed by atoms with Crippen molar-refractivity contribution in [3.63, 3.8) is 0 Å². The fraction of sp³-hybridized carbons (Fsp3) is 0.818. The van der Waals surface area contributed by atoms with Gasteiger partial charge in [-0.3, -0.25) is 0 Å². The van der Waals surface area contributed by atoms with Crippen molar-refractivity contribution in [2.24, 2.45) is 0 Å². The highest BCUT2D eigenvalue weighted by atomic mass is 32.2. The van der Waals surface area contributed by atoms with E-state index in [1.54, 1.807) is 0 Å². The Morgan fingerprint density at radius 2 is 2.23 bits per heavy atom. The van der Waals surface area contributed by atoms with Crippen LogP contribution in [0.5, 0.6) is 0 Å². The van der Waals surface area contributed by atoms with Gasteiger partial charge < -0.3 is 5.32 Å². The second kappa shape index (κ2) is 8.64. The third-order valence-electron chi connectivity index (χ3n) is 2.18. The molecule has 13 heavy (non-hydrogen) atoms. The molecule has 2 heteroatoms. The SMILES string of the molecule is C=CCCC(C)NC(CC)CSC. The molecule has 0 saturated heterocycles. The molecular weight excluding hydrogens is 178 g/mol. The molecule has 0 aromatic carbocycles. The van der Waals surface area contributed by atoms with E-state index in [4.69, 9.17) is 0 Å². The third-order valence-corrected chi connectivity index (χ3v) is 2.92. The van der Waals surface area contributed by atoms with E-state index in [-0.39, 0.29) is 0 Å². The second-order valence-corrected chi connectivity index (χ2v) is 4.40. The standard InChI is InChI=1S/C11H23NS/c1-5-7-8-10(3)12-11(6-2)9-13-4/h5,10-12H,1,6-9H2,2-4H3. The fourth-order valence-corrected chi connectivity index (χ4v) is 2.07. The summed E-state index contributed by atoms with van der Waals surface area (Å²) in [7, 11) is 0. The smallest absolute Gasteiger partial charge is 0.0157 e. The van der Waals surface area contributed by atoms with Crippen LogP contribution in [0.4, 0.5) is 0 Å². The Labute approximate surface area is 87.4 Å². The molecule has 1 N–H and O–H groups in total. The van der Waals surface area contributed by atoms with E-state index in [9.17, 15) is 0 Å². The molecule has 0 aromatic heterocycles. The normalized spacial score (nSPS) is 15.3. The summed E-state index contributed by atoms with van der Waals surface area (Å²) in [6, 6.07) is 1.30. The summed E-state index contributed by atoms with van der Waals surface area (Å²) in [4.78, 5) is 0. The quantitative estimate of drug-likeness (QED) is 0.606. The molecule has 0 aliphatic heterocycles. The van der Waals surface area contributed by atoms with Gasteiger partial charge in [-0.05, 0) is 32.4 Å². The highest BCUT2D eigenvalue weighted by molar-refractivity contribution is 7.98. The highest BCUT2D eigenvalue weighted by Gasteiger charge is 2.08. The first-order valence-electron chi connectivity index (χ1n) is 5.10. The minimum absolute atomic E-state index is 0.620. The maximum atomic E-state index is 3.74. The largest absolute Gasteiger partial charge is 0.311 e. The lowest BCUT2D eigenvalue weighted by molar-refractivity contribution is 0.445. The highest BCUT2D eigenvalue weighted by Crippen LogP contribution is 2.05. The van der Waals surface area contributed by atoms with Crippen molar-refractivity contribution in [3.05, 3.63) is 12.7 Å². The lowest BCUT2D eigenvalue weighted by Crippen LogP contribution is -2.37. The molecule has 0 heterocycles. The lowest BCUT2D eigenvalue weighted by atomic mass is 10.1. The Hall–Kier alpha value is 0.0500. The number of thioether (sulfide) groups is 1. The number of hydrogen-bond acceptors (Lipinski definition) is 2. The van der Waals surface area contributed by atoms with Gasteiger partial charge in [0.25, 0.3) is 0 Å². The molecule has 0 rings (SSSR count). The predicted octanol–water partition coefficient (Wildman–Crippen LogP) is 3.07. The predicted molar refractivity (Wildman–Crippen MR) is 64.5 cm³/mol. The molecule has 78 valence electrons. The van der Waals surface area contributed by atoms with Crippen LogP contribution < -0.4 is 5.32 Å². The number of hydrogen-bond donors (Lipinski definition) is 1. The van der Waals surface area contributed by atoms with Crippen LogP contribution in [0.15, 0.2) is 12.7 Å². The van der Waals surface area contributed by atoms with E-state index < -0.39 is 0 Å². The van der Waals surface area contributed by atoms with Gasteiger partial charge in [0.15, 0.2) is 0 Å². The van der Waals surface area contributed by atoms with Crippen molar-refractivity contribution in [1.82, 2.24) is 5.32 Å². The zero-order valence-corrected chi connectivity index (χ0v) is 9.99. The van der Waals surface area contributed by atoms with Gasteiger partial charge in [0.1, 0.15) is 0 Å². The molecule has 2 atom stereocenters. The van der Waals surface area contributed by atoms with Crippen LogP contribution in [0.2, 0.25) is 0 Å². The Morgan fingerprint density at radius 1 is 1.54 bits per heavy atom. The van der Waals surface area contributed by atoms with Gasteiger partial charge >= 0.3 is 0 Å². The van der Waals surface area contributed by atoms with Gasteiger partial charge in [-0.1, -0.05) is 13.0 Å². The van der Waals surface area contributed by atoms with Gasteiger partial charge in [0.05, 0.1) is 0 Å². The summed E-state index contributed by atoms with van der Waals surface area (Å²) in [5.74, 6) is 1.22. The zero-order valence-electron chi connectivity index (χ0n) is 9.18.